The number of carbonyl (C=O) groups excluding carboxylic acids is 1. The van der Waals surface area contributed by atoms with Crippen LogP contribution in [0.1, 0.15) is 50.6 Å². The minimum atomic E-state index is 0.0554. The van der Waals surface area contributed by atoms with E-state index in [1.165, 1.54) is 25.7 Å². The number of pyridine rings is 1. The van der Waals surface area contributed by atoms with Crippen molar-refractivity contribution in [2.24, 2.45) is 17.8 Å². The van der Waals surface area contributed by atoms with Crippen molar-refractivity contribution >= 4 is 5.91 Å². The number of nitrogens with zero attached hydrogens (tertiary/aromatic N) is 1. The van der Waals surface area contributed by atoms with E-state index < -0.39 is 0 Å². The second-order valence-electron chi connectivity index (χ2n) is 6.21. The van der Waals surface area contributed by atoms with Gasteiger partial charge in [-0.3, -0.25) is 9.78 Å². The van der Waals surface area contributed by atoms with Gasteiger partial charge in [-0.2, -0.15) is 0 Å². The molecular formula is C16H22N2O. The maximum atomic E-state index is 12.1. The molecule has 1 aromatic heterocycles. The zero-order valence-electron chi connectivity index (χ0n) is 11.5. The Kier molecular flexibility index (Phi) is 3.54. The summed E-state index contributed by atoms with van der Waals surface area (Å²) in [6, 6.07) is 3.98. The van der Waals surface area contributed by atoms with Gasteiger partial charge in [0.1, 0.15) is 0 Å². The van der Waals surface area contributed by atoms with Crippen LogP contribution in [-0.2, 0) is 4.79 Å². The molecule has 3 rings (SSSR count). The lowest BCUT2D eigenvalue weighted by Crippen LogP contribution is -2.29. The highest BCUT2D eigenvalue weighted by atomic mass is 16.1. The third-order valence-corrected chi connectivity index (χ3v) is 4.89. The normalized spacial score (nSPS) is 30.3. The van der Waals surface area contributed by atoms with E-state index in [2.05, 4.69) is 10.3 Å². The average molecular weight is 258 g/mol. The Morgan fingerprint density at radius 2 is 2.37 bits per heavy atom. The lowest BCUT2D eigenvalue weighted by molar-refractivity contribution is -0.123. The van der Waals surface area contributed by atoms with Gasteiger partial charge in [-0.1, -0.05) is 12.5 Å². The Balaban J connectivity index is 1.51. The van der Waals surface area contributed by atoms with Gasteiger partial charge in [-0.25, -0.2) is 0 Å². The maximum Gasteiger partial charge on any atom is 0.220 e. The van der Waals surface area contributed by atoms with Gasteiger partial charge in [0.15, 0.2) is 0 Å². The summed E-state index contributed by atoms with van der Waals surface area (Å²) in [7, 11) is 0. The van der Waals surface area contributed by atoms with Gasteiger partial charge in [0, 0.05) is 18.8 Å². The lowest BCUT2D eigenvalue weighted by atomic mass is 9.86. The Labute approximate surface area is 114 Å². The monoisotopic (exact) mass is 258 g/mol. The highest BCUT2D eigenvalue weighted by molar-refractivity contribution is 5.76. The molecular weight excluding hydrogens is 236 g/mol. The van der Waals surface area contributed by atoms with Crippen LogP contribution in [0.15, 0.2) is 24.5 Å². The molecule has 1 N–H and O–H groups in total. The predicted molar refractivity (Wildman–Crippen MR) is 74.3 cm³/mol. The van der Waals surface area contributed by atoms with Gasteiger partial charge in [-0.15, -0.1) is 0 Å². The number of rotatable bonds is 4. The second kappa shape index (κ2) is 5.32. The van der Waals surface area contributed by atoms with Crippen LogP contribution in [0.3, 0.4) is 0 Å². The first-order chi connectivity index (χ1) is 9.22. The van der Waals surface area contributed by atoms with Crippen molar-refractivity contribution in [3.05, 3.63) is 30.1 Å². The van der Waals surface area contributed by atoms with Crippen molar-refractivity contribution in [1.82, 2.24) is 10.3 Å². The summed E-state index contributed by atoms with van der Waals surface area (Å²) in [5.74, 6) is 2.58. The maximum absolute atomic E-state index is 12.1. The number of hydrogen-bond donors (Lipinski definition) is 1. The first kappa shape index (κ1) is 12.6. The van der Waals surface area contributed by atoms with Crippen molar-refractivity contribution in [1.29, 1.82) is 0 Å². The van der Waals surface area contributed by atoms with E-state index in [0.717, 1.165) is 17.4 Å². The smallest absolute Gasteiger partial charge is 0.220 e. The van der Waals surface area contributed by atoms with Crippen LogP contribution >= 0.6 is 0 Å². The number of hydrogen-bond acceptors (Lipinski definition) is 2. The molecule has 4 unspecified atom stereocenters. The van der Waals surface area contributed by atoms with Crippen LogP contribution < -0.4 is 5.32 Å². The summed E-state index contributed by atoms with van der Waals surface area (Å²) in [5.41, 5.74) is 1.07. The zero-order valence-corrected chi connectivity index (χ0v) is 11.5. The van der Waals surface area contributed by atoms with Crippen LogP contribution in [0.5, 0.6) is 0 Å². The molecule has 0 spiro atoms. The van der Waals surface area contributed by atoms with Crippen LogP contribution in [0, 0.1) is 17.8 Å². The van der Waals surface area contributed by atoms with Crippen molar-refractivity contribution in [2.75, 3.05) is 0 Å². The van der Waals surface area contributed by atoms with Crippen LogP contribution in [0.4, 0.5) is 0 Å². The van der Waals surface area contributed by atoms with E-state index in [1.807, 2.05) is 25.3 Å². The second-order valence-corrected chi connectivity index (χ2v) is 6.21. The van der Waals surface area contributed by atoms with E-state index in [4.69, 9.17) is 0 Å². The first-order valence-corrected chi connectivity index (χ1v) is 7.41. The van der Waals surface area contributed by atoms with Crippen molar-refractivity contribution < 1.29 is 4.79 Å². The summed E-state index contributed by atoms with van der Waals surface area (Å²) in [6.45, 7) is 2.02. The SMILES string of the molecule is CC(NC(=O)CC1CC2CCC1C2)c1cccnc1. The molecule has 2 aliphatic rings. The number of nitrogens with one attached hydrogen (secondary N) is 1. The molecule has 0 aliphatic heterocycles. The molecule has 1 amide bonds. The van der Waals surface area contributed by atoms with Crippen molar-refractivity contribution in [3.63, 3.8) is 0 Å². The molecule has 1 aromatic rings. The molecule has 2 aliphatic carbocycles. The molecule has 2 bridgehead atoms. The molecule has 3 nitrogen and oxygen atoms in total. The average Bonchev–Trinajstić information content (AvgIpc) is 3.02. The van der Waals surface area contributed by atoms with E-state index in [1.54, 1.807) is 6.20 Å². The Morgan fingerprint density at radius 3 is 3.00 bits per heavy atom. The summed E-state index contributed by atoms with van der Waals surface area (Å²) < 4.78 is 0. The fourth-order valence-corrected chi connectivity index (χ4v) is 3.88. The largest absolute Gasteiger partial charge is 0.350 e. The van der Waals surface area contributed by atoms with Crippen molar-refractivity contribution in [3.8, 4) is 0 Å². The summed E-state index contributed by atoms with van der Waals surface area (Å²) in [5, 5.41) is 3.10. The zero-order chi connectivity index (χ0) is 13.2. The van der Waals surface area contributed by atoms with Crippen LogP contribution in [0.2, 0.25) is 0 Å². The summed E-state index contributed by atoms with van der Waals surface area (Å²) in [4.78, 5) is 16.2. The highest BCUT2D eigenvalue weighted by Gasteiger charge is 2.40. The van der Waals surface area contributed by atoms with E-state index in [-0.39, 0.29) is 11.9 Å². The first-order valence-electron chi connectivity index (χ1n) is 7.41. The van der Waals surface area contributed by atoms with Gasteiger partial charge in [0.2, 0.25) is 5.91 Å². The molecule has 19 heavy (non-hydrogen) atoms. The number of aromatic nitrogens is 1. The molecule has 1 heterocycles. The number of amides is 1. The summed E-state index contributed by atoms with van der Waals surface area (Å²) >= 11 is 0. The van der Waals surface area contributed by atoms with Gasteiger partial charge >= 0.3 is 0 Å². The van der Waals surface area contributed by atoms with Crippen LogP contribution in [0.25, 0.3) is 0 Å². The molecule has 3 heteroatoms. The van der Waals surface area contributed by atoms with E-state index >= 15 is 0 Å². The number of carbonyl (C=O) groups is 1. The highest BCUT2D eigenvalue weighted by Crippen LogP contribution is 2.49. The van der Waals surface area contributed by atoms with Crippen molar-refractivity contribution in [2.45, 2.75) is 45.1 Å². The lowest BCUT2D eigenvalue weighted by Gasteiger charge is -2.22. The molecule has 4 atom stereocenters. The molecule has 0 radical (unpaired) electrons. The quantitative estimate of drug-likeness (QED) is 0.901. The van der Waals surface area contributed by atoms with Crippen LogP contribution in [-0.4, -0.2) is 10.9 Å². The predicted octanol–water partition coefficient (Wildman–Crippen LogP) is 3.09. The topological polar surface area (TPSA) is 42.0 Å². The molecule has 0 saturated heterocycles. The van der Waals surface area contributed by atoms with Gasteiger partial charge in [-0.05, 0) is 55.6 Å². The fraction of sp³-hybridized carbons (Fsp3) is 0.625. The molecule has 0 aromatic carbocycles. The minimum Gasteiger partial charge on any atom is -0.350 e. The Morgan fingerprint density at radius 1 is 1.47 bits per heavy atom. The van der Waals surface area contributed by atoms with E-state index in [9.17, 15) is 4.79 Å². The fourth-order valence-electron chi connectivity index (χ4n) is 3.88. The van der Waals surface area contributed by atoms with E-state index in [0.29, 0.717) is 12.3 Å². The van der Waals surface area contributed by atoms with Gasteiger partial charge < -0.3 is 5.32 Å². The Bertz CT molecular complexity index is 445. The molecule has 102 valence electrons. The standard InChI is InChI=1S/C16H22N2O/c1-11(14-3-2-6-17-10-14)18-16(19)9-15-8-12-4-5-13(15)7-12/h2-3,6,10-13,15H,4-5,7-9H2,1H3,(H,18,19). The third-order valence-electron chi connectivity index (χ3n) is 4.89. The third kappa shape index (κ3) is 2.80. The van der Waals surface area contributed by atoms with Gasteiger partial charge in [0.05, 0.1) is 6.04 Å². The summed E-state index contributed by atoms with van der Waals surface area (Å²) in [6.07, 6.45) is 9.69. The minimum absolute atomic E-state index is 0.0554. The molecule has 2 fully saturated rings. The number of fused-ring (bicyclic) bond motifs is 2. The molecule has 2 saturated carbocycles. The Hall–Kier alpha value is -1.38. The van der Waals surface area contributed by atoms with Gasteiger partial charge in [0.25, 0.3) is 0 Å².